The van der Waals surface area contributed by atoms with Gasteiger partial charge in [0, 0.05) is 0 Å². The highest BCUT2D eigenvalue weighted by Gasteiger charge is 2.27. The maximum absolute atomic E-state index is 11.8. The summed E-state index contributed by atoms with van der Waals surface area (Å²) in [7, 11) is -17.8. The largest absolute Gasteiger partial charge is 0.756 e. The van der Waals surface area contributed by atoms with Crippen LogP contribution in [0.25, 0.3) is 11.2 Å². The number of fused-ring (bicyclic) bond motifs is 1. The zero-order valence-electron chi connectivity index (χ0n) is 15.4. The van der Waals surface area contributed by atoms with Gasteiger partial charge in [0.05, 0.1) is 26.1 Å². The number of aliphatic hydroxyl groups is 2. The third-order valence-corrected chi connectivity index (χ3v) is 6.98. The number of aliphatic hydroxyl groups excluding tert-OH is 2. The second-order valence-electron chi connectivity index (χ2n) is 5.68. The molecule has 182 valence electrons. The number of anilines is 1. The molecule has 0 amide bonds. The van der Waals surface area contributed by atoms with E-state index in [1.165, 1.54) is 0 Å². The number of phosphoric acid groups is 3. The minimum absolute atomic E-state index is 0.128. The average molecular weight is 522 g/mol. The first kappa shape index (κ1) is 26.7. The monoisotopic (exact) mass is 522 g/mol. The van der Waals surface area contributed by atoms with Crippen LogP contribution in [0.4, 0.5) is 5.95 Å². The minimum atomic E-state index is -6.10. The molecule has 0 saturated heterocycles. The van der Waals surface area contributed by atoms with Crippen LogP contribution in [-0.2, 0) is 31.6 Å². The number of hydrogen-bond donors (Lipinski definition) is 5. The van der Waals surface area contributed by atoms with Crippen molar-refractivity contribution in [3.8, 4) is 0 Å². The Hall–Kier alpha value is -1.56. The Bertz CT molecular complexity index is 1140. The predicted molar refractivity (Wildman–Crippen MR) is 93.8 cm³/mol. The van der Waals surface area contributed by atoms with Crippen LogP contribution in [0.2, 0.25) is 0 Å². The first-order valence-corrected chi connectivity index (χ1v) is 12.4. The standard InChI is InChI=1S/C10H18N5O14P3/c11-10-13-8-7(9(18)14-10)12-4-15(8)6(2-17)27-5(1-16)3-26-31(22,23)29-32(24,25)28-30(19,20)21/h4-6,16-17H,1-3H2,(H,22,23)(H,24,25)(H2,19,20,21)(H3,11,13,14,18)/p-3/t5-,6+/m0/s1. The Kier molecular flexibility index (Phi) is 8.46. The Morgan fingerprint density at radius 1 is 1.16 bits per heavy atom. The Morgan fingerprint density at radius 3 is 2.38 bits per heavy atom. The van der Waals surface area contributed by atoms with Crippen LogP contribution in [0.15, 0.2) is 11.1 Å². The van der Waals surface area contributed by atoms with Crippen molar-refractivity contribution < 1.29 is 61.4 Å². The highest BCUT2D eigenvalue weighted by Crippen LogP contribution is 2.61. The number of imidazole rings is 1. The molecule has 0 bridgehead atoms. The molecule has 6 N–H and O–H groups in total. The van der Waals surface area contributed by atoms with Crippen molar-refractivity contribution in [3.05, 3.63) is 16.7 Å². The van der Waals surface area contributed by atoms with Gasteiger partial charge in [-0.05, 0) is 0 Å². The molecule has 2 aromatic rings. The lowest BCUT2D eigenvalue weighted by Gasteiger charge is -2.33. The number of aromatic nitrogens is 4. The van der Waals surface area contributed by atoms with Gasteiger partial charge < -0.3 is 44.8 Å². The summed E-state index contributed by atoms with van der Waals surface area (Å²) >= 11 is 0. The lowest BCUT2D eigenvalue weighted by Crippen LogP contribution is -2.30. The van der Waals surface area contributed by atoms with E-state index in [1.807, 2.05) is 0 Å². The quantitative estimate of drug-likeness (QED) is 0.166. The van der Waals surface area contributed by atoms with Crippen LogP contribution in [-0.4, -0.2) is 60.6 Å². The normalized spacial score (nSPS) is 19.7. The Morgan fingerprint density at radius 2 is 1.81 bits per heavy atom. The topological polar surface area (TPSA) is 308 Å². The van der Waals surface area contributed by atoms with Crippen molar-refractivity contribution >= 4 is 40.6 Å². The molecule has 0 aromatic carbocycles. The van der Waals surface area contributed by atoms with Crippen molar-refractivity contribution in [2.45, 2.75) is 12.3 Å². The molecular formula is C10H15N5O14P3-3. The van der Waals surface area contributed by atoms with Crippen LogP contribution in [0.1, 0.15) is 6.23 Å². The van der Waals surface area contributed by atoms with Gasteiger partial charge in [0.2, 0.25) is 5.95 Å². The van der Waals surface area contributed by atoms with Gasteiger partial charge in [0.15, 0.2) is 17.4 Å². The minimum Gasteiger partial charge on any atom is -0.756 e. The van der Waals surface area contributed by atoms with Gasteiger partial charge >= 0.3 is 0 Å². The third-order valence-electron chi connectivity index (χ3n) is 3.29. The van der Waals surface area contributed by atoms with E-state index in [9.17, 15) is 43.4 Å². The molecule has 0 aliphatic heterocycles. The summed E-state index contributed by atoms with van der Waals surface area (Å²) in [5.41, 5.74) is 4.43. The predicted octanol–water partition coefficient (Wildman–Crippen LogP) is -3.98. The van der Waals surface area contributed by atoms with Gasteiger partial charge in [-0.2, -0.15) is 4.98 Å². The number of aromatic amines is 1. The van der Waals surface area contributed by atoms with Crippen molar-refractivity contribution in [2.24, 2.45) is 0 Å². The van der Waals surface area contributed by atoms with Gasteiger partial charge in [-0.3, -0.25) is 28.0 Å². The highest BCUT2D eigenvalue weighted by atomic mass is 31.3. The summed E-state index contributed by atoms with van der Waals surface area (Å²) in [6.07, 6.45) is -1.92. The van der Waals surface area contributed by atoms with E-state index in [1.54, 1.807) is 0 Å². The van der Waals surface area contributed by atoms with E-state index in [2.05, 4.69) is 28.1 Å². The molecule has 5 atom stereocenters. The van der Waals surface area contributed by atoms with Crippen molar-refractivity contribution in [1.82, 2.24) is 19.5 Å². The molecule has 0 fully saturated rings. The van der Waals surface area contributed by atoms with Crippen LogP contribution in [0, 0.1) is 0 Å². The van der Waals surface area contributed by atoms with E-state index in [-0.39, 0.29) is 17.1 Å². The average Bonchev–Trinajstić information content (AvgIpc) is 3.03. The molecule has 32 heavy (non-hydrogen) atoms. The number of ether oxygens (including phenoxy) is 1. The Labute approximate surface area is 176 Å². The summed E-state index contributed by atoms with van der Waals surface area (Å²) in [5, 5.41) is 18.9. The van der Waals surface area contributed by atoms with E-state index in [4.69, 9.17) is 15.4 Å². The maximum Gasteiger partial charge on any atom is 0.280 e. The number of nitrogens with one attached hydrogen (secondary N) is 1. The number of nitrogen functional groups attached to an aromatic ring is 1. The van der Waals surface area contributed by atoms with Crippen LogP contribution < -0.4 is 26.0 Å². The SMILES string of the molecule is Nc1nc2c(ncn2[C@@H](CO)O[C@@H](CO)COP(=O)([O-])OP(=O)([O-])OP(=O)([O-])O)c(=O)[nH]1. The molecule has 2 aromatic heterocycles. The summed E-state index contributed by atoms with van der Waals surface area (Å²) in [6.45, 7) is -2.83. The number of hydrogen-bond acceptors (Lipinski definition) is 16. The van der Waals surface area contributed by atoms with E-state index in [0.29, 0.717) is 0 Å². The number of nitrogens with zero attached hydrogens (tertiary/aromatic N) is 3. The smallest absolute Gasteiger partial charge is 0.280 e. The molecule has 22 heteroatoms. The van der Waals surface area contributed by atoms with Crippen LogP contribution >= 0.6 is 23.5 Å². The molecule has 3 unspecified atom stereocenters. The molecule has 0 aliphatic rings. The van der Waals surface area contributed by atoms with Crippen LogP contribution in [0.3, 0.4) is 0 Å². The third kappa shape index (κ3) is 7.50. The molecule has 0 aliphatic carbocycles. The molecule has 2 heterocycles. The molecule has 0 radical (unpaired) electrons. The molecule has 0 spiro atoms. The summed E-state index contributed by atoms with van der Waals surface area (Å²) in [5.74, 6) is -0.290. The van der Waals surface area contributed by atoms with Gasteiger partial charge in [0.25, 0.3) is 29.0 Å². The fourth-order valence-corrected chi connectivity index (χ4v) is 5.09. The van der Waals surface area contributed by atoms with E-state index >= 15 is 0 Å². The van der Waals surface area contributed by atoms with Gasteiger partial charge in [0.1, 0.15) is 6.10 Å². The summed E-state index contributed by atoms with van der Waals surface area (Å²) in [6, 6.07) is 0. The highest BCUT2D eigenvalue weighted by molar-refractivity contribution is 7.65. The second kappa shape index (κ2) is 10.1. The Balaban J connectivity index is 2.11. The second-order valence-corrected chi connectivity index (χ2v) is 9.97. The number of phosphoric ester groups is 1. The van der Waals surface area contributed by atoms with Crippen molar-refractivity contribution in [3.63, 3.8) is 0 Å². The molecule has 19 nitrogen and oxygen atoms in total. The lowest BCUT2D eigenvalue weighted by molar-refractivity contribution is -0.250. The number of nitrogens with two attached hydrogens (primary N) is 1. The fourth-order valence-electron chi connectivity index (χ4n) is 2.17. The number of rotatable bonds is 12. The fraction of sp³-hybridized carbons (Fsp3) is 0.500. The maximum atomic E-state index is 11.8. The summed E-state index contributed by atoms with van der Waals surface area (Å²) < 4.78 is 50.2. The van der Waals surface area contributed by atoms with Gasteiger partial charge in [-0.1, -0.05) is 0 Å². The van der Waals surface area contributed by atoms with E-state index in [0.717, 1.165) is 10.9 Å². The first-order valence-electron chi connectivity index (χ1n) is 7.99. The number of H-pyrrole nitrogens is 1. The zero-order chi connectivity index (χ0) is 24.3. The van der Waals surface area contributed by atoms with Crippen molar-refractivity contribution in [2.75, 3.05) is 25.6 Å². The van der Waals surface area contributed by atoms with Gasteiger partial charge in [-0.25, -0.2) is 13.6 Å². The lowest BCUT2D eigenvalue weighted by atomic mass is 10.4. The summed E-state index contributed by atoms with van der Waals surface area (Å²) in [4.78, 5) is 63.0. The molecule has 2 rings (SSSR count). The zero-order valence-corrected chi connectivity index (χ0v) is 18.1. The van der Waals surface area contributed by atoms with E-state index < -0.39 is 61.2 Å². The van der Waals surface area contributed by atoms with Crippen LogP contribution in [0.5, 0.6) is 0 Å². The molecular weight excluding hydrogens is 507 g/mol. The first-order chi connectivity index (χ1) is 14.7. The van der Waals surface area contributed by atoms with Gasteiger partial charge in [-0.15, -0.1) is 0 Å². The molecule has 0 saturated carbocycles. The van der Waals surface area contributed by atoms with Crippen molar-refractivity contribution in [1.29, 1.82) is 0 Å².